The molecule has 15 nitrogen and oxygen atoms in total. The molecular weight excluding hydrogens is 694 g/mol. The third-order valence-corrected chi connectivity index (χ3v) is 9.36. The maximum atomic E-state index is 13.2. The number of nitrogens with one attached hydrogen (secondary N) is 5. The maximum absolute atomic E-state index is 13.2. The molecule has 0 radical (unpaired) electrons. The molecule has 0 atom stereocenters. The van der Waals surface area contributed by atoms with Crippen molar-refractivity contribution >= 4 is 68.8 Å². The number of rotatable bonds is 19. The van der Waals surface area contributed by atoms with E-state index >= 15 is 0 Å². The molecule has 4 aromatic rings. The van der Waals surface area contributed by atoms with Crippen LogP contribution in [0.4, 0.5) is 22.1 Å². The molecule has 0 aliphatic rings. The average molecular weight is 742 g/mol. The van der Waals surface area contributed by atoms with Gasteiger partial charge in [0.1, 0.15) is 27.1 Å². The smallest absolute Gasteiger partial charge is 0.277 e. The first-order valence-corrected chi connectivity index (χ1v) is 18.0. The van der Waals surface area contributed by atoms with E-state index < -0.39 is 17.7 Å². The van der Waals surface area contributed by atoms with Gasteiger partial charge in [0.05, 0.1) is 17.1 Å². The summed E-state index contributed by atoms with van der Waals surface area (Å²) in [6.45, 7) is 2.84. The molecule has 4 amide bonds. The number of hydrogen-bond donors (Lipinski definition) is 6. The molecule has 51 heavy (non-hydrogen) atoms. The van der Waals surface area contributed by atoms with E-state index in [-0.39, 0.29) is 22.3 Å². The van der Waals surface area contributed by atoms with Crippen molar-refractivity contribution in [1.29, 1.82) is 0 Å². The fourth-order valence-corrected chi connectivity index (χ4v) is 6.42. The Hall–Kier alpha value is -4.64. The molecule has 7 N–H and O–H groups in total. The van der Waals surface area contributed by atoms with Crippen molar-refractivity contribution in [3.05, 3.63) is 64.6 Å². The number of amides is 4. The van der Waals surface area contributed by atoms with Crippen LogP contribution in [0.15, 0.2) is 36.8 Å². The summed E-state index contributed by atoms with van der Waals surface area (Å²) in [5, 5.41) is 15.4. The van der Waals surface area contributed by atoms with Gasteiger partial charge in [0, 0.05) is 52.8 Å². The van der Waals surface area contributed by atoms with Crippen LogP contribution in [0.25, 0.3) is 0 Å². The Bertz CT molecular complexity index is 1820. The van der Waals surface area contributed by atoms with E-state index in [1.54, 1.807) is 71.6 Å². The van der Waals surface area contributed by atoms with Gasteiger partial charge in [-0.05, 0) is 76.2 Å². The third-order valence-electron chi connectivity index (χ3n) is 8.07. The van der Waals surface area contributed by atoms with Gasteiger partial charge in [0.2, 0.25) is 0 Å². The van der Waals surface area contributed by atoms with Crippen LogP contribution >= 0.6 is 23.1 Å². The second-order valence-electron chi connectivity index (χ2n) is 12.6. The van der Waals surface area contributed by atoms with Gasteiger partial charge in [0.15, 0.2) is 5.69 Å². The third kappa shape index (κ3) is 10.9. The summed E-state index contributed by atoms with van der Waals surface area (Å²) >= 11 is 7.59. The molecule has 4 heterocycles. The molecule has 0 aliphatic carbocycles. The van der Waals surface area contributed by atoms with Crippen LogP contribution < -0.4 is 32.3 Å². The lowest BCUT2D eigenvalue weighted by Crippen LogP contribution is -2.28. The van der Waals surface area contributed by atoms with Crippen molar-refractivity contribution < 1.29 is 19.2 Å². The number of hydrogen-bond acceptors (Lipinski definition) is 9. The van der Waals surface area contributed by atoms with Crippen LogP contribution in [0, 0.1) is 0 Å². The van der Waals surface area contributed by atoms with E-state index in [1.165, 1.54) is 0 Å². The zero-order valence-corrected chi connectivity index (χ0v) is 31.3. The number of nitrogens with zero attached hydrogens (tertiary/aromatic N) is 5. The van der Waals surface area contributed by atoms with Gasteiger partial charge in [-0.1, -0.05) is 30.9 Å². The van der Waals surface area contributed by atoms with Crippen molar-refractivity contribution in [3.8, 4) is 0 Å². The van der Waals surface area contributed by atoms with Gasteiger partial charge in [-0.2, -0.15) is 4.37 Å². The minimum Gasteiger partial charge on any atom is -0.374 e. The van der Waals surface area contributed by atoms with Gasteiger partial charge in [-0.3, -0.25) is 19.2 Å². The lowest BCUT2D eigenvalue weighted by molar-refractivity contribution is 0.0942. The predicted octanol–water partition coefficient (Wildman–Crippen LogP) is 4.57. The van der Waals surface area contributed by atoms with Gasteiger partial charge in [0.25, 0.3) is 23.6 Å². The van der Waals surface area contributed by atoms with Crippen molar-refractivity contribution in [3.63, 3.8) is 0 Å². The summed E-state index contributed by atoms with van der Waals surface area (Å²) in [7, 11) is 9.06. The van der Waals surface area contributed by atoms with Crippen LogP contribution in [0.2, 0.25) is 5.02 Å². The highest BCUT2D eigenvalue weighted by Gasteiger charge is 2.22. The van der Waals surface area contributed by atoms with E-state index in [2.05, 4.69) is 31.0 Å². The van der Waals surface area contributed by atoms with Crippen LogP contribution in [0.3, 0.4) is 0 Å². The molecule has 0 bridgehead atoms. The zero-order valence-electron chi connectivity index (χ0n) is 29.8. The number of aryl methyl sites for hydroxylation is 3. The minimum atomic E-state index is -0.492. The second kappa shape index (κ2) is 18.6. The minimum absolute atomic E-state index is 0.0997. The van der Waals surface area contributed by atoms with Gasteiger partial charge in [-0.25, -0.2) is 0 Å². The average Bonchev–Trinajstić information content (AvgIpc) is 3.84. The van der Waals surface area contributed by atoms with Crippen molar-refractivity contribution in [2.24, 2.45) is 26.9 Å². The van der Waals surface area contributed by atoms with E-state index in [1.807, 2.05) is 19.0 Å². The summed E-state index contributed by atoms with van der Waals surface area (Å²) in [6, 6.07) is 4.71. The Kier molecular flexibility index (Phi) is 14.2. The predicted molar refractivity (Wildman–Crippen MR) is 203 cm³/mol. The Balaban J connectivity index is 1.31. The Morgan fingerprint density at radius 3 is 1.75 bits per heavy atom. The highest BCUT2D eigenvalue weighted by atomic mass is 35.5. The summed E-state index contributed by atoms with van der Waals surface area (Å²) in [5.74, 6) is -1.58. The highest BCUT2D eigenvalue weighted by molar-refractivity contribution is 7.11. The fraction of sp³-hybridized carbons (Fsp3) is 0.441. The first-order chi connectivity index (χ1) is 24.4. The van der Waals surface area contributed by atoms with Crippen molar-refractivity contribution in [2.75, 3.05) is 61.5 Å². The molecule has 4 rings (SSSR count). The number of nitrogens with two attached hydrogens (primary N) is 1. The molecule has 0 fully saturated rings. The van der Waals surface area contributed by atoms with Gasteiger partial charge in [-0.15, -0.1) is 0 Å². The SMILES string of the molecule is CN(C)CCCNC(=O)c1cc(NC(=O)c2cc(NC(=O)c3cc(NC(=O)c4nsc(NCCCCCCCN)c4Cl)cn3C)cn2C)cn1C. The number of anilines is 4. The summed E-state index contributed by atoms with van der Waals surface area (Å²) in [5.41, 5.74) is 7.87. The van der Waals surface area contributed by atoms with Gasteiger partial charge < -0.3 is 50.9 Å². The van der Waals surface area contributed by atoms with Crippen LogP contribution in [0.1, 0.15) is 80.5 Å². The first kappa shape index (κ1) is 39.2. The topological polar surface area (TPSA) is 185 Å². The number of carbonyl (C=O) groups is 4. The molecule has 0 saturated carbocycles. The zero-order chi connectivity index (χ0) is 37.1. The quantitative estimate of drug-likeness (QED) is 0.0755. The van der Waals surface area contributed by atoms with Crippen LogP contribution in [-0.4, -0.2) is 86.9 Å². The number of aromatic nitrogens is 4. The molecule has 0 aliphatic heterocycles. The summed E-state index contributed by atoms with van der Waals surface area (Å²) in [6.07, 6.45) is 11.0. The molecule has 4 aromatic heterocycles. The van der Waals surface area contributed by atoms with Crippen LogP contribution in [0.5, 0.6) is 0 Å². The molecule has 0 saturated heterocycles. The Morgan fingerprint density at radius 1 is 0.725 bits per heavy atom. The molecule has 0 unspecified atom stereocenters. The molecule has 17 heteroatoms. The van der Waals surface area contributed by atoms with E-state index in [4.69, 9.17) is 17.3 Å². The molecule has 0 aromatic carbocycles. The summed E-state index contributed by atoms with van der Waals surface area (Å²) < 4.78 is 9.06. The Morgan fingerprint density at radius 2 is 1.22 bits per heavy atom. The highest BCUT2D eigenvalue weighted by Crippen LogP contribution is 2.31. The molecular formula is C34H48ClN11O4S. The molecule has 276 valence electrons. The van der Waals surface area contributed by atoms with Crippen LogP contribution in [-0.2, 0) is 21.1 Å². The molecule has 0 spiro atoms. The fourth-order valence-electron chi connectivity index (χ4n) is 5.38. The lowest BCUT2D eigenvalue weighted by Gasteiger charge is -2.10. The normalized spacial score (nSPS) is 11.1. The van der Waals surface area contributed by atoms with Crippen molar-refractivity contribution in [1.82, 2.24) is 28.3 Å². The summed E-state index contributed by atoms with van der Waals surface area (Å²) in [4.78, 5) is 54.1. The van der Waals surface area contributed by atoms with Crippen molar-refractivity contribution in [2.45, 2.75) is 38.5 Å². The standard InChI is InChI=1S/C34H48ClN11O4S/c1-43(2)15-11-14-37-30(47)25-16-22(19-44(25)3)39-31(48)26-17-23(20-45(26)4)40-32(49)27-18-24(21-46(27)5)41-33(50)29-28(35)34(51-42-29)38-13-10-8-6-7-9-12-36/h16-21,38H,6-15,36H2,1-5H3,(H,37,47)(H,39,48)(H,40,49)(H,41,50). The number of carbonyl (C=O) groups excluding carboxylic acids is 4. The number of halogens is 1. The van der Waals surface area contributed by atoms with E-state index in [0.29, 0.717) is 46.5 Å². The maximum Gasteiger partial charge on any atom is 0.277 e. The largest absolute Gasteiger partial charge is 0.374 e. The van der Waals surface area contributed by atoms with E-state index in [0.717, 1.165) is 63.1 Å². The second-order valence-corrected chi connectivity index (χ2v) is 13.8. The van der Waals surface area contributed by atoms with E-state index in [9.17, 15) is 19.2 Å². The monoisotopic (exact) mass is 741 g/mol. The lowest BCUT2D eigenvalue weighted by atomic mass is 10.1. The number of unbranched alkanes of at least 4 members (excludes halogenated alkanes) is 4. The first-order valence-electron chi connectivity index (χ1n) is 16.8. The Labute approximate surface area is 307 Å². The van der Waals surface area contributed by atoms with Gasteiger partial charge >= 0.3 is 0 Å².